The third kappa shape index (κ3) is 3.04. The molecule has 112 valence electrons. The minimum Gasteiger partial charge on any atom is -0.319 e. The first kappa shape index (κ1) is 15.1. The fourth-order valence-electron chi connectivity index (χ4n) is 1.89. The van der Waals surface area contributed by atoms with Crippen molar-refractivity contribution < 1.29 is 9.18 Å². The predicted molar refractivity (Wildman–Crippen MR) is 89.5 cm³/mol. The molecule has 7 heteroatoms. The van der Waals surface area contributed by atoms with Crippen LogP contribution in [0.4, 0.5) is 10.1 Å². The van der Waals surface area contributed by atoms with Crippen molar-refractivity contribution in [2.45, 2.75) is 6.92 Å². The lowest BCUT2D eigenvalue weighted by molar-refractivity contribution is 0.102. The number of rotatable bonds is 3. The van der Waals surface area contributed by atoms with Crippen LogP contribution in [-0.2, 0) is 0 Å². The summed E-state index contributed by atoms with van der Waals surface area (Å²) in [5.41, 5.74) is 1.65. The second-order valence-corrected chi connectivity index (χ2v) is 6.74. The van der Waals surface area contributed by atoms with Gasteiger partial charge in [0.2, 0.25) is 0 Å². The van der Waals surface area contributed by atoms with Crippen molar-refractivity contribution in [3.05, 3.63) is 56.4 Å². The summed E-state index contributed by atoms with van der Waals surface area (Å²) in [4.78, 5) is 17.2. The monoisotopic (exact) mass is 352 g/mol. The van der Waals surface area contributed by atoms with Gasteiger partial charge in [-0.15, -0.1) is 11.3 Å². The molecule has 3 nitrogen and oxygen atoms in total. The van der Waals surface area contributed by atoms with E-state index in [1.54, 1.807) is 18.3 Å². The fourth-order valence-corrected chi connectivity index (χ4v) is 3.73. The maximum atomic E-state index is 13.7. The number of aryl methyl sites for hydroxylation is 1. The molecule has 3 rings (SSSR count). The minimum atomic E-state index is -0.530. The molecule has 2 heterocycles. The first-order chi connectivity index (χ1) is 10.5. The van der Waals surface area contributed by atoms with E-state index in [1.165, 1.54) is 29.5 Å². The Labute approximate surface area is 139 Å². The average molecular weight is 353 g/mol. The van der Waals surface area contributed by atoms with Crippen molar-refractivity contribution in [1.29, 1.82) is 0 Å². The van der Waals surface area contributed by atoms with E-state index in [2.05, 4.69) is 10.3 Å². The first-order valence-corrected chi connectivity index (χ1v) is 8.44. The highest BCUT2D eigenvalue weighted by Gasteiger charge is 2.18. The number of thiazole rings is 1. The number of nitrogens with zero attached hydrogens (tertiary/aromatic N) is 1. The van der Waals surface area contributed by atoms with E-state index in [1.807, 2.05) is 16.8 Å². The van der Waals surface area contributed by atoms with Crippen molar-refractivity contribution in [3.63, 3.8) is 0 Å². The maximum Gasteiger partial charge on any atom is 0.267 e. The van der Waals surface area contributed by atoms with Crippen LogP contribution in [0.3, 0.4) is 0 Å². The van der Waals surface area contributed by atoms with E-state index in [4.69, 9.17) is 11.6 Å². The molecule has 0 saturated heterocycles. The third-order valence-electron chi connectivity index (χ3n) is 2.95. The van der Waals surface area contributed by atoms with Crippen molar-refractivity contribution in [3.8, 4) is 10.6 Å². The molecule has 2 aromatic heterocycles. The molecule has 0 aliphatic rings. The smallest absolute Gasteiger partial charge is 0.267 e. The van der Waals surface area contributed by atoms with Crippen LogP contribution < -0.4 is 5.32 Å². The zero-order valence-electron chi connectivity index (χ0n) is 11.4. The summed E-state index contributed by atoms with van der Waals surface area (Å²) in [6, 6.07) is 5.97. The van der Waals surface area contributed by atoms with Crippen LogP contribution in [0.5, 0.6) is 0 Å². The topological polar surface area (TPSA) is 42.0 Å². The summed E-state index contributed by atoms with van der Waals surface area (Å²) in [5.74, 6) is -0.921. The van der Waals surface area contributed by atoms with Crippen LogP contribution in [-0.4, -0.2) is 10.9 Å². The zero-order valence-corrected chi connectivity index (χ0v) is 13.8. The number of hydrogen-bond donors (Lipinski definition) is 1. The standard InChI is InChI=1S/C15H10ClFN2OS2/c1-8-13(22-15(18-8)9-4-5-21-7-9)14(20)19-12-6-10(16)2-3-11(12)17/h2-7H,1H3,(H,19,20). The molecule has 22 heavy (non-hydrogen) atoms. The van der Waals surface area contributed by atoms with E-state index in [9.17, 15) is 9.18 Å². The van der Waals surface area contributed by atoms with Gasteiger partial charge in [0.25, 0.3) is 5.91 Å². The molecule has 0 saturated carbocycles. The van der Waals surface area contributed by atoms with Crippen molar-refractivity contribution in [2.75, 3.05) is 5.32 Å². The number of nitrogens with one attached hydrogen (secondary N) is 1. The van der Waals surface area contributed by atoms with Gasteiger partial charge in [0.05, 0.1) is 11.4 Å². The number of anilines is 1. The molecular weight excluding hydrogens is 343 g/mol. The van der Waals surface area contributed by atoms with Crippen LogP contribution in [0.25, 0.3) is 10.6 Å². The Morgan fingerprint density at radius 1 is 1.36 bits per heavy atom. The molecule has 1 N–H and O–H groups in total. The molecule has 0 bridgehead atoms. The lowest BCUT2D eigenvalue weighted by Crippen LogP contribution is -2.12. The Morgan fingerprint density at radius 2 is 2.18 bits per heavy atom. The molecular formula is C15H10ClFN2OS2. The van der Waals surface area contributed by atoms with Crippen LogP contribution in [0.1, 0.15) is 15.4 Å². The molecule has 0 radical (unpaired) electrons. The third-order valence-corrected chi connectivity index (χ3v) is 5.07. The van der Waals surface area contributed by atoms with E-state index in [0.717, 1.165) is 10.6 Å². The quantitative estimate of drug-likeness (QED) is 0.701. The van der Waals surface area contributed by atoms with Gasteiger partial charge < -0.3 is 5.32 Å². The fraction of sp³-hybridized carbons (Fsp3) is 0.0667. The lowest BCUT2D eigenvalue weighted by atomic mass is 10.3. The SMILES string of the molecule is Cc1nc(-c2ccsc2)sc1C(=O)Nc1cc(Cl)ccc1F. The number of hydrogen-bond acceptors (Lipinski definition) is 4. The van der Waals surface area contributed by atoms with Gasteiger partial charge >= 0.3 is 0 Å². The normalized spacial score (nSPS) is 10.7. The average Bonchev–Trinajstić information content (AvgIpc) is 3.11. The van der Waals surface area contributed by atoms with Crippen LogP contribution in [0, 0.1) is 12.7 Å². The highest BCUT2D eigenvalue weighted by atomic mass is 35.5. The van der Waals surface area contributed by atoms with E-state index >= 15 is 0 Å². The summed E-state index contributed by atoms with van der Waals surface area (Å²) in [5, 5.41) is 7.59. The van der Waals surface area contributed by atoms with Gasteiger partial charge in [-0.1, -0.05) is 11.6 Å². The lowest BCUT2D eigenvalue weighted by Gasteiger charge is -2.05. The molecule has 1 amide bonds. The number of amides is 1. The molecule has 1 aromatic carbocycles. The molecule has 0 aliphatic carbocycles. The van der Waals surface area contributed by atoms with E-state index < -0.39 is 11.7 Å². The van der Waals surface area contributed by atoms with E-state index in [-0.39, 0.29) is 5.69 Å². The van der Waals surface area contributed by atoms with E-state index in [0.29, 0.717) is 15.6 Å². The molecule has 0 atom stereocenters. The summed E-state index contributed by atoms with van der Waals surface area (Å²) in [7, 11) is 0. The number of aromatic nitrogens is 1. The van der Waals surface area contributed by atoms with Gasteiger partial charge in [0.1, 0.15) is 15.7 Å². The molecule has 0 spiro atoms. The number of carbonyl (C=O) groups excluding carboxylic acids is 1. The Bertz CT molecular complexity index is 830. The van der Waals surface area contributed by atoms with Gasteiger partial charge in [0.15, 0.2) is 0 Å². The molecule has 0 aliphatic heterocycles. The van der Waals surface area contributed by atoms with Crippen LogP contribution >= 0.6 is 34.3 Å². The summed E-state index contributed by atoms with van der Waals surface area (Å²) >= 11 is 8.67. The largest absolute Gasteiger partial charge is 0.319 e. The second-order valence-electron chi connectivity index (χ2n) is 4.52. The summed E-state index contributed by atoms with van der Waals surface area (Å²) in [6.07, 6.45) is 0. The van der Waals surface area contributed by atoms with Crippen molar-refractivity contribution >= 4 is 45.9 Å². The zero-order chi connectivity index (χ0) is 15.7. The molecule has 3 aromatic rings. The first-order valence-electron chi connectivity index (χ1n) is 6.31. The summed E-state index contributed by atoms with van der Waals surface area (Å²) < 4.78 is 13.7. The predicted octanol–water partition coefficient (Wildman–Crippen LogP) is 5.22. The summed E-state index contributed by atoms with van der Waals surface area (Å²) in [6.45, 7) is 1.76. The highest BCUT2D eigenvalue weighted by molar-refractivity contribution is 7.17. The Morgan fingerprint density at radius 3 is 2.91 bits per heavy atom. The number of benzene rings is 1. The van der Waals surface area contributed by atoms with Crippen LogP contribution in [0.15, 0.2) is 35.0 Å². The van der Waals surface area contributed by atoms with Gasteiger partial charge in [0, 0.05) is 16.0 Å². The van der Waals surface area contributed by atoms with Crippen molar-refractivity contribution in [1.82, 2.24) is 4.98 Å². The second kappa shape index (κ2) is 6.16. The molecule has 0 unspecified atom stereocenters. The van der Waals surface area contributed by atoms with Gasteiger partial charge in [-0.3, -0.25) is 4.79 Å². The van der Waals surface area contributed by atoms with Crippen molar-refractivity contribution in [2.24, 2.45) is 0 Å². The van der Waals surface area contributed by atoms with Gasteiger partial charge in [-0.2, -0.15) is 11.3 Å². The Balaban J connectivity index is 1.88. The Kier molecular flexibility index (Phi) is 4.24. The Hall–Kier alpha value is -1.76. The number of thiophene rings is 1. The van der Waals surface area contributed by atoms with Gasteiger partial charge in [-0.25, -0.2) is 9.37 Å². The number of halogens is 2. The highest BCUT2D eigenvalue weighted by Crippen LogP contribution is 2.30. The number of carbonyl (C=O) groups is 1. The van der Waals surface area contributed by atoms with Crippen LogP contribution in [0.2, 0.25) is 5.02 Å². The molecule has 0 fully saturated rings. The van der Waals surface area contributed by atoms with Gasteiger partial charge in [-0.05, 0) is 36.6 Å². The maximum absolute atomic E-state index is 13.7. The minimum absolute atomic E-state index is 0.0578.